The summed E-state index contributed by atoms with van der Waals surface area (Å²) in [7, 11) is -3.79. The minimum absolute atomic E-state index is 0.0268. The highest BCUT2D eigenvalue weighted by molar-refractivity contribution is 7.92. The average Bonchev–Trinajstić information content (AvgIpc) is 2.86. The van der Waals surface area contributed by atoms with Crippen molar-refractivity contribution in [3.8, 4) is 0 Å². The molecule has 2 aromatic carbocycles. The third kappa shape index (κ3) is 3.81. The van der Waals surface area contributed by atoms with Crippen LogP contribution in [0.4, 0.5) is 10.5 Å². The van der Waals surface area contributed by atoms with Crippen molar-refractivity contribution >= 4 is 39.2 Å². The highest BCUT2D eigenvalue weighted by Gasteiger charge is 2.28. The summed E-state index contributed by atoms with van der Waals surface area (Å²) in [6.45, 7) is 1.70. The third-order valence-electron chi connectivity index (χ3n) is 3.88. The quantitative estimate of drug-likeness (QED) is 0.763. The first kappa shape index (κ1) is 18.2. The van der Waals surface area contributed by atoms with Crippen LogP contribution >= 0.6 is 11.6 Å². The summed E-state index contributed by atoms with van der Waals surface area (Å²) >= 11 is 5.87. The molecule has 0 aromatic heterocycles. The maximum Gasteiger partial charge on any atom is 0.324 e. The molecule has 26 heavy (non-hydrogen) atoms. The number of amides is 3. The largest absolute Gasteiger partial charge is 0.329 e. The van der Waals surface area contributed by atoms with Gasteiger partial charge in [-0.05, 0) is 48.4 Å². The molecule has 2 aromatic rings. The number of sulfonamides is 1. The summed E-state index contributed by atoms with van der Waals surface area (Å²) in [5.41, 5.74) is 1.49. The number of benzene rings is 2. The van der Waals surface area contributed by atoms with E-state index >= 15 is 0 Å². The van der Waals surface area contributed by atoms with Crippen molar-refractivity contribution in [1.82, 2.24) is 10.2 Å². The maximum absolute atomic E-state index is 12.6. The Labute approximate surface area is 156 Å². The summed E-state index contributed by atoms with van der Waals surface area (Å²) in [5.74, 6) is -0.322. The molecular weight excluding hydrogens is 378 g/mol. The molecule has 136 valence electrons. The standard InChI is InChI=1S/C17H16ClN3O4S/c1-11-7-13(18)5-6-15(11)26(24,25)20-14-4-2-3-12(8-14)10-21-16(22)9-19-17(21)23/h2-8,20H,9-10H2,1H3,(H,19,23). The Morgan fingerprint density at radius 2 is 1.96 bits per heavy atom. The number of aryl methyl sites for hydroxylation is 1. The number of nitrogens with zero attached hydrogens (tertiary/aromatic N) is 1. The second kappa shape index (κ2) is 6.97. The van der Waals surface area contributed by atoms with Crippen molar-refractivity contribution < 1.29 is 18.0 Å². The number of hydrogen-bond donors (Lipinski definition) is 2. The SMILES string of the molecule is Cc1cc(Cl)ccc1S(=O)(=O)Nc1cccc(CN2C(=O)CNC2=O)c1. The zero-order valence-corrected chi connectivity index (χ0v) is 15.4. The smallest absolute Gasteiger partial charge is 0.324 e. The van der Waals surface area contributed by atoms with Crippen molar-refractivity contribution in [1.29, 1.82) is 0 Å². The van der Waals surface area contributed by atoms with Gasteiger partial charge in [-0.15, -0.1) is 0 Å². The number of hydrogen-bond acceptors (Lipinski definition) is 4. The molecule has 2 N–H and O–H groups in total. The Bertz CT molecular complexity index is 975. The molecule has 0 unspecified atom stereocenters. The van der Waals surface area contributed by atoms with E-state index in [-0.39, 0.29) is 23.9 Å². The van der Waals surface area contributed by atoms with Gasteiger partial charge in [0.25, 0.3) is 10.0 Å². The van der Waals surface area contributed by atoms with Crippen LogP contribution < -0.4 is 10.0 Å². The molecule has 1 saturated heterocycles. The van der Waals surface area contributed by atoms with Gasteiger partial charge in [0.1, 0.15) is 0 Å². The van der Waals surface area contributed by atoms with Crippen molar-refractivity contribution in [2.75, 3.05) is 11.3 Å². The Kier molecular flexibility index (Phi) is 4.88. The van der Waals surface area contributed by atoms with Gasteiger partial charge < -0.3 is 5.32 Å². The van der Waals surface area contributed by atoms with E-state index in [1.54, 1.807) is 37.3 Å². The van der Waals surface area contributed by atoms with Crippen molar-refractivity contribution in [2.24, 2.45) is 0 Å². The molecule has 0 atom stereocenters. The van der Waals surface area contributed by atoms with Crippen LogP contribution in [0.25, 0.3) is 0 Å². The van der Waals surface area contributed by atoms with Crippen LogP contribution in [0.15, 0.2) is 47.4 Å². The van der Waals surface area contributed by atoms with Gasteiger partial charge in [-0.3, -0.25) is 14.4 Å². The zero-order valence-electron chi connectivity index (χ0n) is 13.8. The van der Waals surface area contributed by atoms with E-state index in [1.165, 1.54) is 12.1 Å². The fraction of sp³-hybridized carbons (Fsp3) is 0.176. The van der Waals surface area contributed by atoms with Crippen LogP contribution in [0.2, 0.25) is 5.02 Å². The number of nitrogens with one attached hydrogen (secondary N) is 2. The van der Waals surface area contributed by atoms with Gasteiger partial charge in [0.2, 0.25) is 5.91 Å². The predicted molar refractivity (Wildman–Crippen MR) is 97.4 cm³/mol. The molecule has 0 saturated carbocycles. The average molecular weight is 394 g/mol. The van der Waals surface area contributed by atoms with E-state index in [0.717, 1.165) is 4.90 Å². The minimum Gasteiger partial charge on any atom is -0.329 e. The molecule has 0 radical (unpaired) electrons. The van der Waals surface area contributed by atoms with E-state index in [1.807, 2.05) is 0 Å². The number of halogens is 1. The number of rotatable bonds is 5. The lowest BCUT2D eigenvalue weighted by Crippen LogP contribution is -2.30. The summed E-state index contributed by atoms with van der Waals surface area (Å²) in [6.07, 6.45) is 0. The third-order valence-corrected chi connectivity index (χ3v) is 5.66. The normalized spacial score (nSPS) is 14.5. The summed E-state index contributed by atoms with van der Waals surface area (Å²) < 4.78 is 27.7. The molecule has 1 fully saturated rings. The second-order valence-corrected chi connectivity index (χ2v) is 7.94. The highest BCUT2D eigenvalue weighted by Crippen LogP contribution is 2.23. The summed E-state index contributed by atoms with van der Waals surface area (Å²) in [6, 6.07) is 10.6. The van der Waals surface area contributed by atoms with Gasteiger partial charge in [-0.25, -0.2) is 13.2 Å². The molecule has 3 rings (SSSR count). The van der Waals surface area contributed by atoms with Crippen LogP contribution in [-0.4, -0.2) is 31.8 Å². The minimum atomic E-state index is -3.79. The molecule has 7 nitrogen and oxygen atoms in total. The van der Waals surface area contributed by atoms with Gasteiger partial charge in [-0.1, -0.05) is 23.7 Å². The molecule has 0 bridgehead atoms. The van der Waals surface area contributed by atoms with E-state index in [2.05, 4.69) is 10.0 Å². The summed E-state index contributed by atoms with van der Waals surface area (Å²) in [5, 5.41) is 2.90. The maximum atomic E-state index is 12.6. The Balaban J connectivity index is 1.82. The molecule has 3 amide bonds. The number of anilines is 1. The second-order valence-electron chi connectivity index (χ2n) is 5.85. The number of imide groups is 1. The topological polar surface area (TPSA) is 95.6 Å². The lowest BCUT2D eigenvalue weighted by atomic mass is 10.2. The fourth-order valence-corrected chi connectivity index (χ4v) is 4.16. The van der Waals surface area contributed by atoms with Crippen LogP contribution in [0, 0.1) is 6.92 Å². The van der Waals surface area contributed by atoms with E-state index in [0.29, 0.717) is 21.8 Å². The first-order chi connectivity index (χ1) is 12.3. The van der Waals surface area contributed by atoms with Crippen molar-refractivity contribution in [3.05, 3.63) is 58.6 Å². The molecule has 1 aliphatic heterocycles. The molecule has 1 aliphatic rings. The molecular formula is C17H16ClN3O4S. The van der Waals surface area contributed by atoms with E-state index in [9.17, 15) is 18.0 Å². The van der Waals surface area contributed by atoms with Gasteiger partial charge in [-0.2, -0.15) is 0 Å². The summed E-state index contributed by atoms with van der Waals surface area (Å²) in [4.78, 5) is 24.5. The Morgan fingerprint density at radius 3 is 2.62 bits per heavy atom. The van der Waals surface area contributed by atoms with Crippen molar-refractivity contribution in [3.63, 3.8) is 0 Å². The molecule has 0 aliphatic carbocycles. The first-order valence-corrected chi connectivity index (χ1v) is 9.58. The van der Waals surface area contributed by atoms with Crippen LogP contribution in [0.3, 0.4) is 0 Å². The van der Waals surface area contributed by atoms with Crippen molar-refractivity contribution in [2.45, 2.75) is 18.4 Å². The number of urea groups is 1. The van der Waals surface area contributed by atoms with Crippen LogP contribution in [0.5, 0.6) is 0 Å². The molecule has 9 heteroatoms. The lowest BCUT2D eigenvalue weighted by molar-refractivity contribution is -0.125. The van der Waals surface area contributed by atoms with Crippen LogP contribution in [-0.2, 0) is 21.4 Å². The highest BCUT2D eigenvalue weighted by atomic mass is 35.5. The van der Waals surface area contributed by atoms with Crippen LogP contribution in [0.1, 0.15) is 11.1 Å². The van der Waals surface area contributed by atoms with E-state index < -0.39 is 16.1 Å². The Morgan fingerprint density at radius 1 is 1.19 bits per heavy atom. The van der Waals surface area contributed by atoms with Gasteiger partial charge >= 0.3 is 6.03 Å². The molecule has 1 heterocycles. The molecule has 0 spiro atoms. The predicted octanol–water partition coefficient (Wildman–Crippen LogP) is 2.50. The van der Waals surface area contributed by atoms with E-state index in [4.69, 9.17) is 11.6 Å². The Hall–Kier alpha value is -2.58. The lowest BCUT2D eigenvalue weighted by Gasteiger charge is -2.14. The number of carbonyl (C=O) groups excluding carboxylic acids is 2. The monoisotopic (exact) mass is 393 g/mol. The van der Waals surface area contributed by atoms with Gasteiger partial charge in [0, 0.05) is 10.7 Å². The first-order valence-electron chi connectivity index (χ1n) is 7.72. The zero-order chi connectivity index (χ0) is 18.9. The number of carbonyl (C=O) groups is 2. The van der Waals surface area contributed by atoms with Gasteiger partial charge in [0.15, 0.2) is 0 Å². The van der Waals surface area contributed by atoms with Gasteiger partial charge in [0.05, 0.1) is 18.0 Å². The fourth-order valence-electron chi connectivity index (χ4n) is 2.66.